The quantitative estimate of drug-likeness (QED) is 0.300. The van der Waals surface area contributed by atoms with E-state index in [-0.39, 0.29) is 5.78 Å². The van der Waals surface area contributed by atoms with Crippen molar-refractivity contribution in [1.82, 2.24) is 0 Å². The van der Waals surface area contributed by atoms with Crippen molar-refractivity contribution in [2.24, 2.45) is 0 Å². The van der Waals surface area contributed by atoms with E-state index in [9.17, 15) is 4.79 Å². The second kappa shape index (κ2) is 11.5. The summed E-state index contributed by atoms with van der Waals surface area (Å²) in [5.41, 5.74) is 3.19. The van der Waals surface area contributed by atoms with Gasteiger partial charge in [0.15, 0.2) is 5.78 Å². The zero-order chi connectivity index (χ0) is 19.5. The van der Waals surface area contributed by atoms with Crippen molar-refractivity contribution in [3.8, 4) is 5.75 Å². The summed E-state index contributed by atoms with van der Waals surface area (Å²) in [6.07, 6.45) is 0. The molecule has 2 nitrogen and oxygen atoms in total. The van der Waals surface area contributed by atoms with Crippen molar-refractivity contribution in [3.05, 3.63) is 95.6 Å². The smallest absolute Gasteiger partial charge is 0.164 e. The number of hydrogen-bond acceptors (Lipinski definition) is 4. The molecule has 0 saturated carbocycles. The Morgan fingerprint density at radius 1 is 0.889 bits per heavy atom. The Morgan fingerprint density at radius 3 is 1.96 bits per heavy atom. The first-order valence-electron chi connectivity index (χ1n) is 8.65. The molecule has 3 rings (SSSR count). The van der Waals surface area contributed by atoms with Crippen LogP contribution in [0.5, 0.6) is 5.75 Å². The van der Waals surface area contributed by atoms with Gasteiger partial charge in [-0.15, -0.1) is 11.8 Å². The summed E-state index contributed by atoms with van der Waals surface area (Å²) in [5.74, 6) is 2.35. The summed E-state index contributed by atoms with van der Waals surface area (Å²) in [6.45, 7) is 1.57. The molecule has 4 heteroatoms. The van der Waals surface area contributed by atoms with E-state index in [0.29, 0.717) is 11.3 Å². The lowest BCUT2D eigenvalue weighted by Gasteiger charge is -2.11. The van der Waals surface area contributed by atoms with E-state index >= 15 is 0 Å². The Balaban J connectivity index is 0.000000273. The topological polar surface area (TPSA) is 26.3 Å². The first kappa shape index (κ1) is 21.1. The maximum Gasteiger partial charge on any atom is 0.164 e. The van der Waals surface area contributed by atoms with Crippen LogP contribution in [-0.4, -0.2) is 12.9 Å². The molecule has 0 saturated heterocycles. The molecule has 0 aromatic heterocycles. The Kier molecular flexibility index (Phi) is 9.02. The standard InChI is InChI=1S/C16H16O2S.C7H8S/c1-12(17)16-14(18-2)9-6-10-15(16)19-11-13-7-4-3-5-8-13;8-6-7-4-2-1-3-5-7/h3-10H,11H2,1-2H3;1-5,8H,6H2. The molecular formula is C23H24O2S2. The largest absolute Gasteiger partial charge is 0.496 e. The number of Topliss-reactive ketones (excluding diaryl/α,β-unsaturated/α-hetero) is 1. The minimum absolute atomic E-state index is 0.0352. The van der Waals surface area contributed by atoms with Gasteiger partial charge in [-0.1, -0.05) is 66.7 Å². The van der Waals surface area contributed by atoms with Crippen molar-refractivity contribution in [2.75, 3.05) is 7.11 Å². The fourth-order valence-corrected chi connectivity index (χ4v) is 3.76. The lowest BCUT2D eigenvalue weighted by molar-refractivity contribution is 0.101. The molecule has 0 atom stereocenters. The van der Waals surface area contributed by atoms with Crippen molar-refractivity contribution < 1.29 is 9.53 Å². The molecule has 0 N–H and O–H groups in total. The summed E-state index contributed by atoms with van der Waals surface area (Å²) < 4.78 is 5.27. The van der Waals surface area contributed by atoms with Crippen LogP contribution in [0.25, 0.3) is 0 Å². The Hall–Kier alpha value is -2.17. The first-order chi connectivity index (χ1) is 13.2. The molecule has 0 aliphatic rings. The molecule has 0 unspecified atom stereocenters. The second-order valence-corrected chi connectivity index (χ2v) is 7.14. The van der Waals surface area contributed by atoms with Gasteiger partial charge in [-0.25, -0.2) is 0 Å². The van der Waals surface area contributed by atoms with Gasteiger partial charge in [-0.2, -0.15) is 12.6 Å². The van der Waals surface area contributed by atoms with Gasteiger partial charge in [0.1, 0.15) is 5.75 Å². The van der Waals surface area contributed by atoms with Crippen molar-refractivity contribution >= 4 is 30.2 Å². The predicted octanol–water partition coefficient (Wildman–Crippen LogP) is 6.31. The number of thiol groups is 1. The molecule has 0 fully saturated rings. The van der Waals surface area contributed by atoms with Crippen LogP contribution >= 0.6 is 24.4 Å². The number of carbonyl (C=O) groups is 1. The first-order valence-corrected chi connectivity index (χ1v) is 10.3. The molecule has 0 spiro atoms. The summed E-state index contributed by atoms with van der Waals surface area (Å²) in [7, 11) is 1.59. The average molecular weight is 397 g/mol. The SMILES string of the molecule is COc1cccc(SCc2ccccc2)c1C(C)=O.SCc1ccccc1. The molecule has 27 heavy (non-hydrogen) atoms. The van der Waals surface area contributed by atoms with Gasteiger partial charge < -0.3 is 4.74 Å². The molecule has 0 bridgehead atoms. The molecule has 0 aliphatic carbocycles. The highest BCUT2D eigenvalue weighted by molar-refractivity contribution is 7.98. The van der Waals surface area contributed by atoms with E-state index in [1.54, 1.807) is 25.8 Å². The van der Waals surface area contributed by atoms with Gasteiger partial charge in [-0.3, -0.25) is 4.79 Å². The number of benzene rings is 3. The van der Waals surface area contributed by atoms with Crippen LogP contribution in [0.4, 0.5) is 0 Å². The summed E-state index contributed by atoms with van der Waals surface area (Å²) >= 11 is 5.77. The molecule has 0 heterocycles. The van der Waals surface area contributed by atoms with Gasteiger partial charge >= 0.3 is 0 Å². The molecule has 3 aromatic rings. The number of thioether (sulfide) groups is 1. The third-order valence-corrected chi connectivity index (χ3v) is 5.32. The number of carbonyl (C=O) groups excluding carboxylic acids is 1. The number of methoxy groups -OCH3 is 1. The van der Waals surface area contributed by atoms with E-state index in [4.69, 9.17) is 4.74 Å². The molecule has 3 aromatic carbocycles. The van der Waals surface area contributed by atoms with Crippen molar-refractivity contribution in [3.63, 3.8) is 0 Å². The fourth-order valence-electron chi connectivity index (χ4n) is 2.47. The van der Waals surface area contributed by atoms with Gasteiger partial charge in [0.05, 0.1) is 12.7 Å². The monoisotopic (exact) mass is 396 g/mol. The normalized spacial score (nSPS) is 9.89. The van der Waals surface area contributed by atoms with Crippen LogP contribution in [-0.2, 0) is 11.5 Å². The molecule has 0 aliphatic heterocycles. The fraction of sp³-hybridized carbons (Fsp3) is 0.174. The van der Waals surface area contributed by atoms with Crippen molar-refractivity contribution in [1.29, 1.82) is 0 Å². The third-order valence-electron chi connectivity index (χ3n) is 3.82. The van der Waals surface area contributed by atoms with Crippen LogP contribution < -0.4 is 4.74 Å². The maximum atomic E-state index is 11.8. The molecule has 0 radical (unpaired) electrons. The Morgan fingerprint density at radius 2 is 1.48 bits per heavy atom. The van der Waals surface area contributed by atoms with Crippen LogP contribution in [0.1, 0.15) is 28.4 Å². The highest BCUT2D eigenvalue weighted by Gasteiger charge is 2.13. The van der Waals surface area contributed by atoms with E-state index in [1.807, 2.05) is 54.6 Å². The number of rotatable bonds is 6. The van der Waals surface area contributed by atoms with E-state index in [1.165, 1.54) is 11.1 Å². The van der Waals surface area contributed by atoms with Gasteiger partial charge in [0, 0.05) is 16.4 Å². The number of hydrogen-bond donors (Lipinski definition) is 1. The molecular weight excluding hydrogens is 372 g/mol. The highest BCUT2D eigenvalue weighted by atomic mass is 32.2. The van der Waals surface area contributed by atoms with Gasteiger partial charge in [0.2, 0.25) is 0 Å². The molecule has 140 valence electrons. The van der Waals surface area contributed by atoms with Crippen LogP contribution in [0.15, 0.2) is 83.8 Å². The lowest BCUT2D eigenvalue weighted by atomic mass is 10.1. The van der Waals surface area contributed by atoms with Crippen molar-refractivity contribution in [2.45, 2.75) is 23.3 Å². The number of ketones is 1. The minimum Gasteiger partial charge on any atom is -0.496 e. The minimum atomic E-state index is 0.0352. The van der Waals surface area contributed by atoms with Gasteiger partial charge in [0.25, 0.3) is 0 Å². The summed E-state index contributed by atoms with van der Waals surface area (Å²) in [4.78, 5) is 12.7. The Bertz CT molecular complexity index is 834. The van der Waals surface area contributed by atoms with E-state index in [0.717, 1.165) is 16.4 Å². The highest BCUT2D eigenvalue weighted by Crippen LogP contribution is 2.32. The molecule has 0 amide bonds. The van der Waals surface area contributed by atoms with Crippen LogP contribution in [0, 0.1) is 0 Å². The second-order valence-electron chi connectivity index (χ2n) is 5.81. The number of ether oxygens (including phenoxy) is 1. The maximum absolute atomic E-state index is 11.8. The lowest BCUT2D eigenvalue weighted by Crippen LogP contribution is -2.00. The predicted molar refractivity (Wildman–Crippen MR) is 118 cm³/mol. The Labute approximate surface area is 171 Å². The third kappa shape index (κ3) is 6.81. The van der Waals surface area contributed by atoms with Gasteiger partial charge in [-0.05, 0) is 30.2 Å². The van der Waals surface area contributed by atoms with E-state index < -0.39 is 0 Å². The van der Waals surface area contributed by atoms with E-state index in [2.05, 4.69) is 36.9 Å². The van der Waals surface area contributed by atoms with Crippen LogP contribution in [0.3, 0.4) is 0 Å². The zero-order valence-corrected chi connectivity index (χ0v) is 17.3. The zero-order valence-electron chi connectivity index (χ0n) is 15.6. The summed E-state index contributed by atoms with van der Waals surface area (Å²) in [6, 6.07) is 26.1. The summed E-state index contributed by atoms with van der Waals surface area (Å²) in [5, 5.41) is 0. The van der Waals surface area contributed by atoms with Crippen LogP contribution in [0.2, 0.25) is 0 Å². The average Bonchev–Trinajstić information content (AvgIpc) is 2.73.